The summed E-state index contributed by atoms with van der Waals surface area (Å²) in [5, 5.41) is 2.62. The average molecular weight is 380 g/mol. The van der Waals surface area contributed by atoms with Crippen LogP contribution < -0.4 is 10.1 Å². The van der Waals surface area contributed by atoms with Crippen LogP contribution in [-0.4, -0.2) is 48.2 Å². The predicted molar refractivity (Wildman–Crippen MR) is 98.1 cm³/mol. The molecule has 1 heterocycles. The summed E-state index contributed by atoms with van der Waals surface area (Å²) in [4.78, 5) is 40.1. The quantitative estimate of drug-likeness (QED) is 0.652. The average Bonchev–Trinajstić information content (AvgIpc) is 2.58. The molecule has 0 saturated heterocycles. The van der Waals surface area contributed by atoms with Crippen LogP contribution in [-0.2, 0) is 30.3 Å². The first-order valence-electron chi connectivity index (χ1n) is 8.81. The van der Waals surface area contributed by atoms with Crippen molar-refractivity contribution >= 4 is 17.8 Å². The summed E-state index contributed by atoms with van der Waals surface area (Å²) in [5.41, 5.74) is 0.147. The van der Waals surface area contributed by atoms with Gasteiger partial charge < -0.3 is 19.5 Å². The number of rotatable bonds is 9. The van der Waals surface area contributed by atoms with E-state index < -0.39 is 29.5 Å². The Bertz CT molecular complexity index is 654. The Morgan fingerprint density at radius 3 is 2.52 bits per heavy atom. The van der Waals surface area contributed by atoms with Crippen molar-refractivity contribution in [3.8, 4) is 5.88 Å². The Hall–Kier alpha value is -2.64. The number of hydrogen-bond donors (Lipinski definition) is 1. The highest BCUT2D eigenvalue weighted by Gasteiger charge is 2.24. The third-order valence-electron chi connectivity index (χ3n) is 3.33. The molecular weight excluding hydrogens is 352 g/mol. The number of nitrogens with zero attached hydrogens (tertiary/aromatic N) is 1. The lowest BCUT2D eigenvalue weighted by atomic mass is 10.1. The molecule has 0 bridgehead atoms. The van der Waals surface area contributed by atoms with Crippen LogP contribution in [0, 0.1) is 0 Å². The first-order valence-corrected chi connectivity index (χ1v) is 8.81. The number of aromatic nitrogens is 1. The number of hydrogen-bond acceptors (Lipinski definition) is 7. The number of amides is 1. The maximum Gasteiger partial charge on any atom is 0.328 e. The third kappa shape index (κ3) is 9.03. The van der Waals surface area contributed by atoms with E-state index in [0.717, 1.165) is 5.56 Å². The van der Waals surface area contributed by atoms with E-state index in [4.69, 9.17) is 14.2 Å². The molecule has 1 amide bonds. The van der Waals surface area contributed by atoms with Crippen LogP contribution in [0.3, 0.4) is 0 Å². The van der Waals surface area contributed by atoms with Crippen LogP contribution in [0.5, 0.6) is 5.88 Å². The zero-order chi connectivity index (χ0) is 20.4. The van der Waals surface area contributed by atoms with Gasteiger partial charge in [-0.2, -0.15) is 0 Å². The van der Waals surface area contributed by atoms with Crippen molar-refractivity contribution in [1.29, 1.82) is 0 Å². The number of nitrogens with one attached hydrogen (secondary N) is 1. The molecule has 0 aliphatic carbocycles. The minimum absolute atomic E-state index is 0.0677. The molecule has 1 aromatic heterocycles. The van der Waals surface area contributed by atoms with E-state index in [2.05, 4.69) is 10.3 Å². The van der Waals surface area contributed by atoms with Gasteiger partial charge in [-0.15, -0.1) is 0 Å². The second-order valence-electron chi connectivity index (χ2n) is 6.87. The molecule has 1 rings (SSSR count). The summed E-state index contributed by atoms with van der Waals surface area (Å²) in [5.74, 6) is -1.03. The van der Waals surface area contributed by atoms with E-state index in [9.17, 15) is 14.4 Å². The lowest BCUT2D eigenvalue weighted by molar-refractivity contribution is -0.155. The number of carbonyl (C=O) groups is 3. The molecule has 1 unspecified atom stereocenters. The van der Waals surface area contributed by atoms with Crippen molar-refractivity contribution in [2.75, 3.05) is 13.7 Å². The maximum atomic E-state index is 12.2. The van der Waals surface area contributed by atoms with Crippen molar-refractivity contribution in [3.05, 3.63) is 23.9 Å². The highest BCUT2D eigenvalue weighted by Crippen LogP contribution is 2.12. The summed E-state index contributed by atoms with van der Waals surface area (Å²) >= 11 is 0. The van der Waals surface area contributed by atoms with E-state index in [-0.39, 0.29) is 25.9 Å². The minimum atomic E-state index is -0.872. The Morgan fingerprint density at radius 1 is 1.22 bits per heavy atom. The van der Waals surface area contributed by atoms with Crippen molar-refractivity contribution in [2.24, 2.45) is 0 Å². The van der Waals surface area contributed by atoms with Gasteiger partial charge in [0.25, 0.3) is 0 Å². The molecule has 0 fully saturated rings. The molecule has 8 nitrogen and oxygen atoms in total. The first kappa shape index (κ1) is 22.4. The van der Waals surface area contributed by atoms with Gasteiger partial charge >= 0.3 is 11.9 Å². The van der Waals surface area contributed by atoms with Crippen LogP contribution >= 0.6 is 0 Å². The fourth-order valence-corrected chi connectivity index (χ4v) is 2.24. The number of esters is 2. The molecule has 0 spiro atoms. The molecule has 1 aromatic rings. The summed E-state index contributed by atoms with van der Waals surface area (Å²) < 4.78 is 15.3. The van der Waals surface area contributed by atoms with Gasteiger partial charge in [0.1, 0.15) is 11.6 Å². The molecule has 0 aliphatic rings. The van der Waals surface area contributed by atoms with E-state index in [0.29, 0.717) is 5.88 Å². The van der Waals surface area contributed by atoms with Gasteiger partial charge in [-0.3, -0.25) is 9.59 Å². The topological polar surface area (TPSA) is 104 Å². The lowest BCUT2D eigenvalue weighted by Gasteiger charge is -2.20. The molecule has 8 heteroatoms. The summed E-state index contributed by atoms with van der Waals surface area (Å²) in [6.07, 6.45) is 1.63. The molecule has 150 valence electrons. The van der Waals surface area contributed by atoms with Gasteiger partial charge in [0.05, 0.1) is 20.1 Å². The SMILES string of the molecule is CCOC(=O)C(Cc1ccnc(OC)c1)NC(=O)CCC(=O)OC(C)(C)C. The second kappa shape index (κ2) is 10.5. The minimum Gasteiger partial charge on any atom is -0.481 e. The van der Waals surface area contributed by atoms with Crippen molar-refractivity contribution in [3.63, 3.8) is 0 Å². The van der Waals surface area contributed by atoms with Crippen molar-refractivity contribution in [2.45, 2.75) is 58.6 Å². The second-order valence-corrected chi connectivity index (χ2v) is 6.87. The number of pyridine rings is 1. The fourth-order valence-electron chi connectivity index (χ4n) is 2.24. The molecule has 27 heavy (non-hydrogen) atoms. The Labute approximate surface area is 159 Å². The smallest absolute Gasteiger partial charge is 0.328 e. The van der Waals surface area contributed by atoms with E-state index in [1.54, 1.807) is 46.0 Å². The zero-order valence-corrected chi connectivity index (χ0v) is 16.5. The molecule has 0 aromatic carbocycles. The van der Waals surface area contributed by atoms with Crippen LogP contribution in [0.2, 0.25) is 0 Å². The van der Waals surface area contributed by atoms with Gasteiger partial charge in [0.15, 0.2) is 0 Å². The fraction of sp³-hybridized carbons (Fsp3) is 0.579. The highest BCUT2D eigenvalue weighted by molar-refractivity contribution is 5.86. The van der Waals surface area contributed by atoms with Crippen molar-refractivity contribution < 1.29 is 28.6 Å². The summed E-state index contributed by atoms with van der Waals surface area (Å²) in [6.45, 7) is 7.15. The lowest BCUT2D eigenvalue weighted by Crippen LogP contribution is -2.43. The standard InChI is InChI=1S/C19H28N2O6/c1-6-26-18(24)14(11-13-9-10-20-16(12-13)25-5)21-15(22)7-8-17(23)27-19(2,3)4/h9-10,12,14H,6-8,11H2,1-5H3,(H,21,22). The third-order valence-corrected chi connectivity index (χ3v) is 3.33. The van der Waals surface area contributed by atoms with Crippen LogP contribution in [0.25, 0.3) is 0 Å². The zero-order valence-electron chi connectivity index (χ0n) is 16.5. The van der Waals surface area contributed by atoms with E-state index in [1.165, 1.54) is 7.11 Å². The van der Waals surface area contributed by atoms with Gasteiger partial charge in [0.2, 0.25) is 11.8 Å². The van der Waals surface area contributed by atoms with Crippen LogP contribution in [0.4, 0.5) is 0 Å². The number of ether oxygens (including phenoxy) is 3. The van der Waals surface area contributed by atoms with Gasteiger partial charge in [-0.05, 0) is 39.3 Å². The molecule has 1 atom stereocenters. The van der Waals surface area contributed by atoms with E-state index in [1.807, 2.05) is 0 Å². The monoisotopic (exact) mass is 380 g/mol. The van der Waals surface area contributed by atoms with Gasteiger partial charge in [0, 0.05) is 25.1 Å². The van der Waals surface area contributed by atoms with Crippen molar-refractivity contribution in [1.82, 2.24) is 10.3 Å². The Morgan fingerprint density at radius 2 is 1.93 bits per heavy atom. The molecule has 1 N–H and O–H groups in total. The van der Waals surface area contributed by atoms with Crippen LogP contribution in [0.15, 0.2) is 18.3 Å². The summed E-state index contributed by atoms with van der Waals surface area (Å²) in [7, 11) is 1.49. The number of carbonyl (C=O) groups excluding carboxylic acids is 3. The largest absolute Gasteiger partial charge is 0.481 e. The molecule has 0 saturated carbocycles. The normalized spacial score (nSPS) is 12.0. The van der Waals surface area contributed by atoms with Crippen LogP contribution in [0.1, 0.15) is 46.1 Å². The first-order chi connectivity index (χ1) is 12.6. The molecular formula is C19H28N2O6. The Balaban J connectivity index is 2.69. The van der Waals surface area contributed by atoms with Gasteiger partial charge in [-0.25, -0.2) is 9.78 Å². The van der Waals surface area contributed by atoms with Gasteiger partial charge in [-0.1, -0.05) is 0 Å². The van der Waals surface area contributed by atoms with E-state index >= 15 is 0 Å². The molecule has 0 radical (unpaired) electrons. The highest BCUT2D eigenvalue weighted by atomic mass is 16.6. The Kier molecular flexibility index (Phi) is 8.71. The maximum absolute atomic E-state index is 12.2. The molecule has 0 aliphatic heterocycles. The predicted octanol–water partition coefficient (Wildman–Crippen LogP) is 1.80. The number of methoxy groups -OCH3 is 1. The summed E-state index contributed by atoms with van der Waals surface area (Å²) in [6, 6.07) is 2.53.